The zero-order chi connectivity index (χ0) is 14.1. The number of nitrogens with one attached hydrogen (secondary N) is 1. The number of rotatable bonds is 5. The number of para-hydroxylation sites is 1. The number of carboxylic acid groups (broad SMARTS) is 1. The quantitative estimate of drug-likeness (QED) is 0.871. The molecule has 0 atom stereocenters. The first-order valence-electron chi connectivity index (χ1n) is 6.71. The molecule has 1 amide bonds. The molecule has 1 heterocycles. The van der Waals surface area contributed by atoms with Gasteiger partial charge in [0.05, 0.1) is 6.42 Å². The molecular formula is C15H16N2O3. The molecule has 5 heteroatoms. The summed E-state index contributed by atoms with van der Waals surface area (Å²) in [7, 11) is 0. The van der Waals surface area contributed by atoms with E-state index >= 15 is 0 Å². The van der Waals surface area contributed by atoms with Crippen LogP contribution in [0.1, 0.15) is 18.4 Å². The van der Waals surface area contributed by atoms with Crippen LogP contribution in [0.25, 0.3) is 10.9 Å². The largest absolute Gasteiger partial charge is 0.480 e. The maximum Gasteiger partial charge on any atom is 0.323 e. The van der Waals surface area contributed by atoms with Gasteiger partial charge in [-0.1, -0.05) is 18.2 Å². The van der Waals surface area contributed by atoms with E-state index in [1.54, 1.807) is 0 Å². The van der Waals surface area contributed by atoms with Crippen LogP contribution in [-0.4, -0.2) is 39.5 Å². The summed E-state index contributed by atoms with van der Waals surface area (Å²) >= 11 is 0. The number of benzene rings is 1. The Morgan fingerprint density at radius 3 is 2.75 bits per heavy atom. The van der Waals surface area contributed by atoms with Gasteiger partial charge in [0.1, 0.15) is 6.54 Å². The van der Waals surface area contributed by atoms with E-state index in [9.17, 15) is 9.59 Å². The highest BCUT2D eigenvalue weighted by molar-refractivity contribution is 5.90. The topological polar surface area (TPSA) is 73.4 Å². The molecule has 104 valence electrons. The third-order valence-corrected chi connectivity index (χ3v) is 3.63. The molecular weight excluding hydrogens is 256 g/mol. The molecule has 1 saturated carbocycles. The summed E-state index contributed by atoms with van der Waals surface area (Å²) < 4.78 is 0. The minimum absolute atomic E-state index is 0.111. The standard InChI is InChI=1S/C15H16N2O3/c18-14(17(9-15(19)20)11-5-6-11)7-10-8-16-13-4-2-1-3-12(10)13/h1-4,8,11,16H,5-7,9H2,(H,19,20). The lowest BCUT2D eigenvalue weighted by molar-refractivity contribution is -0.144. The molecule has 2 aromatic rings. The Balaban J connectivity index is 1.78. The second kappa shape index (κ2) is 5.00. The second-order valence-electron chi connectivity index (χ2n) is 5.18. The van der Waals surface area contributed by atoms with Crippen molar-refractivity contribution in [1.82, 2.24) is 9.88 Å². The summed E-state index contributed by atoms with van der Waals surface area (Å²) in [6.45, 7) is -0.203. The molecule has 5 nitrogen and oxygen atoms in total. The van der Waals surface area contributed by atoms with Crippen molar-refractivity contribution in [1.29, 1.82) is 0 Å². The van der Waals surface area contributed by atoms with Gasteiger partial charge in [0, 0.05) is 23.1 Å². The number of carbonyl (C=O) groups excluding carboxylic acids is 1. The zero-order valence-electron chi connectivity index (χ0n) is 11.0. The van der Waals surface area contributed by atoms with E-state index in [0.29, 0.717) is 0 Å². The normalized spacial score (nSPS) is 14.4. The average molecular weight is 272 g/mol. The van der Waals surface area contributed by atoms with E-state index in [-0.39, 0.29) is 24.9 Å². The van der Waals surface area contributed by atoms with Crippen LogP contribution in [0.2, 0.25) is 0 Å². The van der Waals surface area contributed by atoms with E-state index in [4.69, 9.17) is 5.11 Å². The SMILES string of the molecule is O=C(O)CN(C(=O)Cc1c[nH]c2ccccc12)C1CC1. The van der Waals surface area contributed by atoms with Crippen LogP contribution in [0.4, 0.5) is 0 Å². The van der Waals surface area contributed by atoms with Gasteiger partial charge in [0.25, 0.3) is 0 Å². The molecule has 1 aliphatic carbocycles. The summed E-state index contributed by atoms with van der Waals surface area (Å²) in [5.74, 6) is -1.07. The third kappa shape index (κ3) is 2.52. The Morgan fingerprint density at radius 1 is 1.30 bits per heavy atom. The van der Waals surface area contributed by atoms with E-state index in [1.807, 2.05) is 30.5 Å². The predicted octanol–water partition coefficient (Wildman–Crippen LogP) is 1.79. The third-order valence-electron chi connectivity index (χ3n) is 3.63. The van der Waals surface area contributed by atoms with Crippen LogP contribution < -0.4 is 0 Å². The van der Waals surface area contributed by atoms with Gasteiger partial charge in [0.15, 0.2) is 0 Å². The average Bonchev–Trinajstić information content (AvgIpc) is 3.19. The Labute approximate surface area is 116 Å². The van der Waals surface area contributed by atoms with Gasteiger partial charge in [-0.15, -0.1) is 0 Å². The number of H-pyrrole nitrogens is 1. The lowest BCUT2D eigenvalue weighted by Crippen LogP contribution is -2.38. The molecule has 0 aliphatic heterocycles. The number of fused-ring (bicyclic) bond motifs is 1. The number of carboxylic acids is 1. The number of carbonyl (C=O) groups is 2. The molecule has 0 saturated heterocycles. The molecule has 20 heavy (non-hydrogen) atoms. The number of amides is 1. The van der Waals surface area contributed by atoms with E-state index in [1.165, 1.54) is 4.90 Å². The minimum atomic E-state index is -0.954. The summed E-state index contributed by atoms with van der Waals surface area (Å²) in [6, 6.07) is 7.90. The Kier molecular flexibility index (Phi) is 3.18. The number of hydrogen-bond acceptors (Lipinski definition) is 2. The molecule has 0 unspecified atom stereocenters. The van der Waals surface area contributed by atoms with E-state index < -0.39 is 5.97 Å². The maximum atomic E-state index is 12.3. The summed E-state index contributed by atoms with van der Waals surface area (Å²) in [6.07, 6.45) is 3.89. The molecule has 1 fully saturated rings. The Hall–Kier alpha value is -2.30. The summed E-state index contributed by atoms with van der Waals surface area (Å²) in [4.78, 5) is 27.8. The van der Waals surface area contributed by atoms with Crippen LogP contribution >= 0.6 is 0 Å². The maximum absolute atomic E-state index is 12.3. The zero-order valence-corrected chi connectivity index (χ0v) is 11.0. The van der Waals surface area contributed by atoms with E-state index in [0.717, 1.165) is 29.3 Å². The number of aliphatic carboxylic acids is 1. The Bertz CT molecular complexity index is 658. The fraction of sp³-hybridized carbons (Fsp3) is 0.333. The predicted molar refractivity (Wildman–Crippen MR) is 74.4 cm³/mol. The van der Waals surface area contributed by atoms with Gasteiger partial charge in [-0.25, -0.2) is 0 Å². The summed E-state index contributed by atoms with van der Waals surface area (Å²) in [5, 5.41) is 9.93. The first kappa shape index (κ1) is 12.7. The lowest BCUT2D eigenvalue weighted by atomic mass is 10.1. The molecule has 1 aromatic carbocycles. The minimum Gasteiger partial charge on any atom is -0.480 e. The first-order valence-corrected chi connectivity index (χ1v) is 6.71. The molecule has 1 aliphatic rings. The van der Waals surface area contributed by atoms with Crippen LogP contribution in [0.15, 0.2) is 30.5 Å². The summed E-state index contributed by atoms with van der Waals surface area (Å²) in [5.41, 5.74) is 1.91. The van der Waals surface area contributed by atoms with Gasteiger partial charge < -0.3 is 15.0 Å². The van der Waals surface area contributed by atoms with Crippen molar-refractivity contribution in [2.45, 2.75) is 25.3 Å². The molecule has 2 N–H and O–H groups in total. The molecule has 0 bridgehead atoms. The number of aromatic nitrogens is 1. The number of nitrogens with zero attached hydrogens (tertiary/aromatic N) is 1. The van der Waals surface area contributed by atoms with Gasteiger partial charge in [-0.3, -0.25) is 9.59 Å². The van der Waals surface area contributed by atoms with Crippen molar-refractivity contribution in [2.75, 3.05) is 6.54 Å². The van der Waals surface area contributed by atoms with Gasteiger partial charge in [-0.2, -0.15) is 0 Å². The number of aromatic amines is 1. The van der Waals surface area contributed by atoms with Crippen LogP contribution in [0.3, 0.4) is 0 Å². The highest BCUT2D eigenvalue weighted by Gasteiger charge is 2.33. The van der Waals surface area contributed by atoms with E-state index in [2.05, 4.69) is 4.98 Å². The monoisotopic (exact) mass is 272 g/mol. The molecule has 1 aromatic heterocycles. The molecule has 0 radical (unpaired) electrons. The van der Waals surface area contributed by atoms with Crippen LogP contribution in [-0.2, 0) is 16.0 Å². The van der Waals surface area contributed by atoms with Crippen LogP contribution in [0.5, 0.6) is 0 Å². The van der Waals surface area contributed by atoms with Crippen molar-refractivity contribution >= 4 is 22.8 Å². The van der Waals surface area contributed by atoms with Crippen molar-refractivity contribution in [3.63, 3.8) is 0 Å². The Morgan fingerprint density at radius 2 is 2.05 bits per heavy atom. The number of hydrogen-bond donors (Lipinski definition) is 2. The highest BCUT2D eigenvalue weighted by Crippen LogP contribution is 2.28. The second-order valence-corrected chi connectivity index (χ2v) is 5.18. The fourth-order valence-corrected chi connectivity index (χ4v) is 2.50. The van der Waals surface area contributed by atoms with Crippen molar-refractivity contribution in [2.24, 2.45) is 0 Å². The molecule has 3 rings (SSSR count). The van der Waals surface area contributed by atoms with Gasteiger partial charge in [0.2, 0.25) is 5.91 Å². The lowest BCUT2D eigenvalue weighted by Gasteiger charge is -2.20. The van der Waals surface area contributed by atoms with Crippen LogP contribution in [0, 0.1) is 0 Å². The highest BCUT2D eigenvalue weighted by atomic mass is 16.4. The van der Waals surface area contributed by atoms with Gasteiger partial charge in [-0.05, 0) is 24.5 Å². The van der Waals surface area contributed by atoms with Crippen molar-refractivity contribution in [3.05, 3.63) is 36.0 Å². The van der Waals surface area contributed by atoms with Gasteiger partial charge >= 0.3 is 5.97 Å². The van der Waals surface area contributed by atoms with Crippen molar-refractivity contribution < 1.29 is 14.7 Å². The van der Waals surface area contributed by atoms with Crippen molar-refractivity contribution in [3.8, 4) is 0 Å². The molecule has 0 spiro atoms. The first-order chi connectivity index (χ1) is 9.65. The smallest absolute Gasteiger partial charge is 0.323 e. The fourth-order valence-electron chi connectivity index (χ4n) is 2.50.